The largest absolute Gasteiger partial charge is 0.396 e. The molecule has 0 bridgehead atoms. The van der Waals surface area contributed by atoms with Gasteiger partial charge in [-0.05, 0) is 25.7 Å². The predicted molar refractivity (Wildman–Crippen MR) is 62.6 cm³/mol. The van der Waals surface area contributed by atoms with Gasteiger partial charge in [-0.2, -0.15) is 0 Å². The van der Waals surface area contributed by atoms with Gasteiger partial charge in [-0.1, -0.05) is 0 Å². The van der Waals surface area contributed by atoms with Gasteiger partial charge < -0.3 is 10.0 Å². The van der Waals surface area contributed by atoms with Crippen molar-refractivity contribution < 1.29 is 9.90 Å². The molecule has 5 heteroatoms. The number of carbonyl (C=O) groups excluding carboxylic acids is 1. The van der Waals surface area contributed by atoms with E-state index >= 15 is 0 Å². The Morgan fingerprint density at radius 1 is 1.75 bits per heavy atom. The highest BCUT2D eigenvalue weighted by Crippen LogP contribution is 2.18. The van der Waals surface area contributed by atoms with Gasteiger partial charge in [0.25, 0.3) is 5.91 Å². The molecule has 1 aliphatic rings. The maximum absolute atomic E-state index is 12.1. The molecule has 2 rings (SSSR count). The predicted octanol–water partition coefficient (Wildman–Crippen LogP) is 1.30. The summed E-state index contributed by atoms with van der Waals surface area (Å²) in [5.74, 6) is 0.236. The van der Waals surface area contributed by atoms with Gasteiger partial charge in [0.15, 0.2) is 0 Å². The lowest BCUT2D eigenvalue weighted by Gasteiger charge is -2.31. The summed E-state index contributed by atoms with van der Waals surface area (Å²) >= 11 is 1.50. The van der Waals surface area contributed by atoms with Crippen LogP contribution in [0.4, 0.5) is 0 Å². The van der Waals surface area contributed by atoms with Crippen molar-refractivity contribution in [2.45, 2.75) is 19.8 Å². The van der Waals surface area contributed by atoms with Crippen LogP contribution in [-0.2, 0) is 0 Å². The Morgan fingerprint density at radius 3 is 3.19 bits per heavy atom. The Labute approximate surface area is 98.9 Å². The molecule has 1 fully saturated rings. The van der Waals surface area contributed by atoms with Crippen LogP contribution in [0.5, 0.6) is 0 Å². The zero-order valence-electron chi connectivity index (χ0n) is 9.35. The fourth-order valence-electron chi connectivity index (χ4n) is 2.02. The van der Waals surface area contributed by atoms with Crippen LogP contribution in [0.15, 0.2) is 5.38 Å². The lowest BCUT2D eigenvalue weighted by Crippen LogP contribution is -2.41. The number of carbonyl (C=O) groups is 1. The highest BCUT2D eigenvalue weighted by molar-refractivity contribution is 7.09. The van der Waals surface area contributed by atoms with Crippen molar-refractivity contribution in [2.75, 3.05) is 19.7 Å². The molecule has 0 aliphatic carbocycles. The molecule has 0 saturated carbocycles. The maximum atomic E-state index is 12.1. The summed E-state index contributed by atoms with van der Waals surface area (Å²) in [4.78, 5) is 18.1. The van der Waals surface area contributed by atoms with Gasteiger partial charge in [0, 0.05) is 25.1 Å². The number of piperidine rings is 1. The molecule has 1 aliphatic heterocycles. The Bertz CT molecular complexity index is 378. The van der Waals surface area contributed by atoms with Gasteiger partial charge in [0.1, 0.15) is 5.69 Å². The van der Waals surface area contributed by atoms with E-state index in [0.717, 1.165) is 24.4 Å². The molecule has 88 valence electrons. The number of hydrogen-bond donors (Lipinski definition) is 1. The van der Waals surface area contributed by atoms with E-state index in [-0.39, 0.29) is 18.4 Å². The van der Waals surface area contributed by atoms with E-state index in [1.54, 1.807) is 10.3 Å². The molecule has 1 aromatic heterocycles. The second-order valence-corrected chi connectivity index (χ2v) is 5.26. The number of thiazole rings is 1. The van der Waals surface area contributed by atoms with Crippen molar-refractivity contribution in [3.8, 4) is 0 Å². The van der Waals surface area contributed by atoms with E-state index in [0.29, 0.717) is 12.2 Å². The number of hydrogen-bond acceptors (Lipinski definition) is 4. The summed E-state index contributed by atoms with van der Waals surface area (Å²) in [6, 6.07) is 0. The number of aliphatic hydroxyl groups excluding tert-OH is 1. The third kappa shape index (κ3) is 2.41. The van der Waals surface area contributed by atoms with Gasteiger partial charge >= 0.3 is 0 Å². The van der Waals surface area contributed by atoms with Crippen molar-refractivity contribution in [3.63, 3.8) is 0 Å². The van der Waals surface area contributed by atoms with Crippen molar-refractivity contribution in [3.05, 3.63) is 16.1 Å². The summed E-state index contributed by atoms with van der Waals surface area (Å²) in [5.41, 5.74) is 0.543. The van der Waals surface area contributed by atoms with E-state index < -0.39 is 0 Å². The minimum Gasteiger partial charge on any atom is -0.396 e. The van der Waals surface area contributed by atoms with Crippen LogP contribution in [0, 0.1) is 12.8 Å². The smallest absolute Gasteiger partial charge is 0.273 e. The van der Waals surface area contributed by atoms with Gasteiger partial charge in [-0.25, -0.2) is 4.98 Å². The van der Waals surface area contributed by atoms with E-state index in [2.05, 4.69) is 4.98 Å². The first-order valence-corrected chi connectivity index (χ1v) is 6.41. The molecule has 1 saturated heterocycles. The Hall–Kier alpha value is -0.940. The molecule has 0 radical (unpaired) electrons. The van der Waals surface area contributed by atoms with Crippen LogP contribution in [0.3, 0.4) is 0 Å². The minimum absolute atomic E-state index is 0.00231. The van der Waals surface area contributed by atoms with Crippen LogP contribution in [0.2, 0.25) is 0 Å². The zero-order valence-corrected chi connectivity index (χ0v) is 10.2. The van der Waals surface area contributed by atoms with Crippen molar-refractivity contribution >= 4 is 17.2 Å². The van der Waals surface area contributed by atoms with E-state index in [4.69, 9.17) is 5.11 Å². The molecular formula is C11H16N2O2S. The molecule has 0 unspecified atom stereocenters. The second kappa shape index (κ2) is 4.93. The lowest BCUT2D eigenvalue weighted by molar-refractivity contribution is 0.0615. The van der Waals surface area contributed by atoms with Gasteiger partial charge in [-0.15, -0.1) is 11.3 Å². The first-order chi connectivity index (χ1) is 7.70. The highest BCUT2D eigenvalue weighted by atomic mass is 32.1. The molecule has 4 nitrogen and oxygen atoms in total. The van der Waals surface area contributed by atoms with E-state index in [1.165, 1.54) is 11.3 Å². The molecular weight excluding hydrogens is 224 g/mol. The Kier molecular flexibility index (Phi) is 3.56. The quantitative estimate of drug-likeness (QED) is 0.847. The van der Waals surface area contributed by atoms with Crippen molar-refractivity contribution in [1.29, 1.82) is 0 Å². The normalized spacial score (nSPS) is 21.1. The second-order valence-electron chi connectivity index (χ2n) is 4.19. The topological polar surface area (TPSA) is 53.4 Å². The number of aromatic nitrogens is 1. The zero-order chi connectivity index (χ0) is 11.5. The molecule has 1 aromatic rings. The fraction of sp³-hybridized carbons (Fsp3) is 0.636. The molecule has 2 heterocycles. The van der Waals surface area contributed by atoms with Crippen molar-refractivity contribution in [1.82, 2.24) is 9.88 Å². The van der Waals surface area contributed by atoms with Crippen LogP contribution in [0.25, 0.3) is 0 Å². The summed E-state index contributed by atoms with van der Waals surface area (Å²) in [7, 11) is 0. The van der Waals surface area contributed by atoms with Crippen molar-refractivity contribution in [2.24, 2.45) is 5.92 Å². The summed E-state index contributed by atoms with van der Waals surface area (Å²) in [6.07, 6.45) is 1.98. The summed E-state index contributed by atoms with van der Waals surface area (Å²) < 4.78 is 0. The molecule has 0 aromatic carbocycles. The van der Waals surface area contributed by atoms with Crippen LogP contribution < -0.4 is 0 Å². The average Bonchev–Trinajstić information content (AvgIpc) is 2.75. The number of aliphatic hydroxyl groups is 1. The van der Waals surface area contributed by atoms with E-state index in [9.17, 15) is 4.79 Å². The first kappa shape index (κ1) is 11.5. The summed E-state index contributed by atoms with van der Waals surface area (Å²) in [6.45, 7) is 3.51. The average molecular weight is 240 g/mol. The molecule has 0 spiro atoms. The first-order valence-electron chi connectivity index (χ1n) is 5.53. The molecule has 1 atom stereocenters. The number of rotatable bonds is 2. The third-order valence-corrected chi connectivity index (χ3v) is 3.68. The summed E-state index contributed by atoms with van der Waals surface area (Å²) in [5, 5.41) is 11.8. The number of amides is 1. The highest BCUT2D eigenvalue weighted by Gasteiger charge is 2.25. The van der Waals surface area contributed by atoms with Gasteiger partial charge in [0.05, 0.1) is 5.01 Å². The van der Waals surface area contributed by atoms with Crippen LogP contribution in [0.1, 0.15) is 28.3 Å². The van der Waals surface area contributed by atoms with E-state index in [1.807, 2.05) is 6.92 Å². The van der Waals surface area contributed by atoms with Gasteiger partial charge in [-0.3, -0.25) is 4.79 Å². The number of aryl methyl sites for hydroxylation is 1. The number of nitrogens with zero attached hydrogens (tertiary/aromatic N) is 2. The Morgan fingerprint density at radius 2 is 2.56 bits per heavy atom. The van der Waals surface area contributed by atoms with Gasteiger partial charge in [0.2, 0.25) is 0 Å². The monoisotopic (exact) mass is 240 g/mol. The number of likely N-dealkylation sites (tertiary alicyclic amines) is 1. The standard InChI is InChI=1S/C11H16N2O2S/c1-8-12-10(7-16-8)11(15)13-4-2-3-9(5-13)6-14/h7,9,14H,2-6H2,1H3/t9-/m1/s1. The molecule has 1 amide bonds. The molecule has 1 N–H and O–H groups in total. The lowest BCUT2D eigenvalue weighted by atomic mass is 9.99. The molecule has 16 heavy (non-hydrogen) atoms. The van der Waals surface area contributed by atoms with Crippen LogP contribution in [-0.4, -0.2) is 40.6 Å². The SMILES string of the molecule is Cc1nc(C(=O)N2CCC[C@@H](CO)C2)cs1. The third-order valence-electron chi connectivity index (χ3n) is 2.90. The fourth-order valence-corrected chi connectivity index (χ4v) is 2.61. The minimum atomic E-state index is 0.00231. The maximum Gasteiger partial charge on any atom is 0.273 e. The Balaban J connectivity index is 2.04. The van der Waals surface area contributed by atoms with Crippen LogP contribution >= 0.6 is 11.3 Å².